The highest BCUT2D eigenvalue weighted by Gasteiger charge is 2.16. The van der Waals surface area contributed by atoms with Gasteiger partial charge in [0.1, 0.15) is 0 Å². The van der Waals surface area contributed by atoms with E-state index in [1.807, 2.05) is 0 Å². The van der Waals surface area contributed by atoms with Crippen molar-refractivity contribution >= 4 is 5.97 Å². The van der Waals surface area contributed by atoms with E-state index in [0.29, 0.717) is 12.5 Å². The summed E-state index contributed by atoms with van der Waals surface area (Å²) in [5, 5.41) is 17.4. The molecule has 0 radical (unpaired) electrons. The minimum absolute atomic E-state index is 0.403. The number of carboxylic acid groups (broad SMARTS) is 1. The number of rotatable bonds is 10. The molecule has 0 amide bonds. The zero-order valence-electron chi connectivity index (χ0n) is 11.2. The molecule has 0 aromatic rings. The SMILES string of the molecule is CC(C)CCC[C@@H](C)CCO[C@H](CO)C(=O)O. The molecule has 0 fully saturated rings. The van der Waals surface area contributed by atoms with Crippen molar-refractivity contribution in [2.75, 3.05) is 13.2 Å². The summed E-state index contributed by atoms with van der Waals surface area (Å²) in [5.41, 5.74) is 0. The predicted octanol–water partition coefficient (Wildman–Crippen LogP) is 2.30. The van der Waals surface area contributed by atoms with Gasteiger partial charge in [0.15, 0.2) is 6.10 Å². The molecule has 0 saturated heterocycles. The Balaban J connectivity index is 3.56. The van der Waals surface area contributed by atoms with E-state index in [1.54, 1.807) is 0 Å². The highest BCUT2D eigenvalue weighted by Crippen LogP contribution is 2.15. The van der Waals surface area contributed by atoms with Crippen LogP contribution in [0.5, 0.6) is 0 Å². The first-order valence-corrected chi connectivity index (χ1v) is 6.42. The van der Waals surface area contributed by atoms with Crippen LogP contribution < -0.4 is 0 Å². The van der Waals surface area contributed by atoms with Gasteiger partial charge in [-0.2, -0.15) is 0 Å². The molecule has 0 aliphatic rings. The van der Waals surface area contributed by atoms with Crippen LogP contribution in [0.25, 0.3) is 0 Å². The summed E-state index contributed by atoms with van der Waals surface area (Å²) >= 11 is 0. The molecular formula is C13H26O4. The fourth-order valence-electron chi connectivity index (χ4n) is 1.63. The second-order valence-electron chi connectivity index (χ2n) is 5.10. The van der Waals surface area contributed by atoms with Crippen LogP contribution in [0.4, 0.5) is 0 Å². The van der Waals surface area contributed by atoms with E-state index in [1.165, 1.54) is 12.8 Å². The largest absolute Gasteiger partial charge is 0.479 e. The number of ether oxygens (including phenoxy) is 1. The quantitative estimate of drug-likeness (QED) is 0.620. The zero-order chi connectivity index (χ0) is 13.3. The van der Waals surface area contributed by atoms with Gasteiger partial charge in [0.2, 0.25) is 0 Å². The molecule has 2 N–H and O–H groups in total. The van der Waals surface area contributed by atoms with Crippen LogP contribution in [0.2, 0.25) is 0 Å². The summed E-state index contributed by atoms with van der Waals surface area (Å²) in [6.45, 7) is 6.52. The van der Waals surface area contributed by atoms with Gasteiger partial charge in [0.25, 0.3) is 0 Å². The molecule has 0 saturated carbocycles. The standard InChI is InChI=1S/C13H26O4/c1-10(2)5-4-6-11(3)7-8-17-12(9-14)13(15)16/h10-12,14H,4-9H2,1-3H3,(H,15,16)/t11-,12-/m1/s1. The molecule has 0 aliphatic heterocycles. The number of aliphatic hydroxyl groups excluding tert-OH is 1. The van der Waals surface area contributed by atoms with Crippen LogP contribution >= 0.6 is 0 Å². The van der Waals surface area contributed by atoms with Crippen molar-refractivity contribution in [3.05, 3.63) is 0 Å². The van der Waals surface area contributed by atoms with E-state index in [2.05, 4.69) is 20.8 Å². The molecule has 4 heteroatoms. The molecule has 102 valence electrons. The number of hydrogen-bond acceptors (Lipinski definition) is 3. The van der Waals surface area contributed by atoms with Crippen molar-refractivity contribution in [1.82, 2.24) is 0 Å². The van der Waals surface area contributed by atoms with Crippen molar-refractivity contribution < 1.29 is 19.7 Å². The van der Waals surface area contributed by atoms with Gasteiger partial charge in [-0.05, 0) is 18.3 Å². The summed E-state index contributed by atoms with van der Waals surface area (Å²) in [4.78, 5) is 10.6. The predicted molar refractivity (Wildman–Crippen MR) is 66.9 cm³/mol. The van der Waals surface area contributed by atoms with E-state index < -0.39 is 18.7 Å². The van der Waals surface area contributed by atoms with Crippen molar-refractivity contribution in [1.29, 1.82) is 0 Å². The van der Waals surface area contributed by atoms with Crippen LogP contribution in [-0.2, 0) is 9.53 Å². The number of carbonyl (C=O) groups is 1. The van der Waals surface area contributed by atoms with Gasteiger partial charge in [-0.15, -0.1) is 0 Å². The number of hydrogen-bond donors (Lipinski definition) is 2. The molecule has 0 aromatic heterocycles. The topological polar surface area (TPSA) is 66.8 Å². The zero-order valence-corrected chi connectivity index (χ0v) is 11.2. The molecule has 0 unspecified atom stereocenters. The molecule has 0 spiro atoms. The maximum absolute atomic E-state index is 10.6. The monoisotopic (exact) mass is 246 g/mol. The highest BCUT2D eigenvalue weighted by molar-refractivity contribution is 5.72. The van der Waals surface area contributed by atoms with Crippen molar-refractivity contribution in [3.8, 4) is 0 Å². The fourth-order valence-corrected chi connectivity index (χ4v) is 1.63. The van der Waals surface area contributed by atoms with Gasteiger partial charge in [0, 0.05) is 6.61 Å². The summed E-state index contributed by atoms with van der Waals surface area (Å²) in [5.74, 6) is 0.186. The van der Waals surface area contributed by atoms with Crippen molar-refractivity contribution in [3.63, 3.8) is 0 Å². The lowest BCUT2D eigenvalue weighted by atomic mass is 9.98. The summed E-state index contributed by atoms with van der Waals surface area (Å²) < 4.78 is 5.10. The molecule has 0 aromatic carbocycles. The van der Waals surface area contributed by atoms with Crippen LogP contribution in [-0.4, -0.2) is 35.5 Å². The number of aliphatic carboxylic acids is 1. The second-order valence-corrected chi connectivity index (χ2v) is 5.10. The molecular weight excluding hydrogens is 220 g/mol. The van der Waals surface area contributed by atoms with Gasteiger partial charge in [-0.3, -0.25) is 0 Å². The van der Waals surface area contributed by atoms with Gasteiger partial charge in [0.05, 0.1) is 6.61 Å². The van der Waals surface area contributed by atoms with Crippen LogP contribution in [0.3, 0.4) is 0 Å². The van der Waals surface area contributed by atoms with Crippen LogP contribution in [0, 0.1) is 11.8 Å². The Kier molecular flexibility index (Phi) is 9.09. The second kappa shape index (κ2) is 9.42. The van der Waals surface area contributed by atoms with Crippen LogP contribution in [0.1, 0.15) is 46.5 Å². The summed E-state index contributed by atoms with van der Waals surface area (Å²) in [6, 6.07) is 0. The molecule has 4 nitrogen and oxygen atoms in total. The first kappa shape index (κ1) is 16.4. The van der Waals surface area contributed by atoms with Crippen LogP contribution in [0.15, 0.2) is 0 Å². The van der Waals surface area contributed by atoms with E-state index in [-0.39, 0.29) is 0 Å². The highest BCUT2D eigenvalue weighted by atomic mass is 16.5. The molecule has 0 bridgehead atoms. The average Bonchev–Trinajstić information content (AvgIpc) is 2.23. The van der Waals surface area contributed by atoms with E-state index in [4.69, 9.17) is 14.9 Å². The molecule has 0 aliphatic carbocycles. The fraction of sp³-hybridized carbons (Fsp3) is 0.923. The van der Waals surface area contributed by atoms with E-state index >= 15 is 0 Å². The Labute approximate surface area is 104 Å². The molecule has 17 heavy (non-hydrogen) atoms. The Hall–Kier alpha value is -0.610. The Bertz CT molecular complexity index is 204. The third kappa shape index (κ3) is 9.12. The maximum Gasteiger partial charge on any atom is 0.335 e. The van der Waals surface area contributed by atoms with E-state index in [0.717, 1.165) is 18.8 Å². The van der Waals surface area contributed by atoms with E-state index in [9.17, 15) is 4.79 Å². The van der Waals surface area contributed by atoms with Gasteiger partial charge in [-0.1, -0.05) is 40.0 Å². The summed E-state index contributed by atoms with van der Waals surface area (Å²) in [7, 11) is 0. The average molecular weight is 246 g/mol. The minimum atomic E-state index is -1.10. The normalized spacial score (nSPS) is 14.9. The van der Waals surface area contributed by atoms with Gasteiger partial charge < -0.3 is 14.9 Å². The van der Waals surface area contributed by atoms with Gasteiger partial charge >= 0.3 is 5.97 Å². The third-order valence-corrected chi connectivity index (χ3v) is 2.85. The Morgan fingerprint density at radius 3 is 2.29 bits per heavy atom. The first-order valence-electron chi connectivity index (χ1n) is 6.42. The number of carboxylic acids is 1. The smallest absolute Gasteiger partial charge is 0.335 e. The molecule has 0 rings (SSSR count). The lowest BCUT2D eigenvalue weighted by molar-refractivity contribution is -0.153. The maximum atomic E-state index is 10.6. The van der Waals surface area contributed by atoms with Gasteiger partial charge in [-0.25, -0.2) is 4.79 Å². The lowest BCUT2D eigenvalue weighted by Gasteiger charge is -2.14. The number of aliphatic hydroxyl groups is 1. The minimum Gasteiger partial charge on any atom is -0.479 e. The molecule has 2 atom stereocenters. The molecule has 0 heterocycles. The van der Waals surface area contributed by atoms with Crippen molar-refractivity contribution in [2.45, 2.75) is 52.6 Å². The van der Waals surface area contributed by atoms with Crippen molar-refractivity contribution in [2.24, 2.45) is 11.8 Å². The Morgan fingerprint density at radius 2 is 1.82 bits per heavy atom. The summed E-state index contributed by atoms with van der Waals surface area (Å²) in [6.07, 6.45) is 3.37. The Morgan fingerprint density at radius 1 is 1.18 bits per heavy atom. The lowest BCUT2D eigenvalue weighted by Crippen LogP contribution is -2.28. The third-order valence-electron chi connectivity index (χ3n) is 2.85. The first-order chi connectivity index (χ1) is 7.97.